The van der Waals surface area contributed by atoms with E-state index in [9.17, 15) is 14.4 Å². The Hall–Kier alpha value is -2.33. The molecule has 0 radical (unpaired) electrons. The fraction of sp³-hybridized carbons (Fsp3) is 0.133. The lowest BCUT2D eigenvalue weighted by molar-refractivity contribution is -0.123. The molecule has 3 amide bonds. The molecule has 2 aromatic heterocycles. The average molecular weight is 474 g/mol. The van der Waals surface area contributed by atoms with E-state index in [1.54, 1.807) is 6.07 Å². The van der Waals surface area contributed by atoms with Crippen molar-refractivity contribution < 1.29 is 28.0 Å². The van der Waals surface area contributed by atoms with Crippen molar-refractivity contribution in [2.75, 3.05) is 7.11 Å². The van der Waals surface area contributed by atoms with Gasteiger partial charge in [-0.2, -0.15) is 0 Å². The summed E-state index contributed by atoms with van der Waals surface area (Å²) in [6.07, 6.45) is 1.41. The van der Waals surface area contributed by atoms with E-state index < -0.39 is 17.9 Å². The van der Waals surface area contributed by atoms with Gasteiger partial charge in [0.15, 0.2) is 4.67 Å². The Balaban J connectivity index is 1.77. The number of esters is 1. The van der Waals surface area contributed by atoms with E-state index in [-0.39, 0.29) is 23.8 Å². The maximum Gasteiger partial charge on any atom is 0.373 e. The number of urea groups is 1. The summed E-state index contributed by atoms with van der Waals surface area (Å²) in [4.78, 5) is 36.8. The highest BCUT2D eigenvalue weighted by molar-refractivity contribution is 9.13. The van der Waals surface area contributed by atoms with E-state index in [0.29, 0.717) is 14.9 Å². The Morgan fingerprint density at radius 2 is 2.08 bits per heavy atom. The number of nitrogens with one attached hydrogen (secondary N) is 1. The molecule has 0 spiro atoms. The Bertz CT molecular complexity index is 878. The number of rotatable bonds is 4. The number of amides is 3. The molecule has 0 bridgehead atoms. The monoisotopic (exact) mass is 472 g/mol. The minimum atomic E-state index is -0.641. The van der Waals surface area contributed by atoms with Crippen molar-refractivity contribution in [3.05, 3.63) is 50.3 Å². The summed E-state index contributed by atoms with van der Waals surface area (Å²) >= 11 is 6.46. The molecule has 0 atom stereocenters. The zero-order valence-electron chi connectivity index (χ0n) is 12.7. The van der Waals surface area contributed by atoms with Crippen molar-refractivity contribution in [2.45, 2.75) is 6.54 Å². The van der Waals surface area contributed by atoms with Gasteiger partial charge in [0.1, 0.15) is 17.2 Å². The van der Waals surface area contributed by atoms with Crippen LogP contribution < -0.4 is 5.32 Å². The zero-order chi connectivity index (χ0) is 18.1. The first-order chi connectivity index (χ1) is 11.9. The molecular formula is C15H10Br2N2O6. The molecule has 3 rings (SSSR count). The van der Waals surface area contributed by atoms with Crippen LogP contribution in [0.4, 0.5) is 4.79 Å². The largest absolute Gasteiger partial charge is 0.463 e. The van der Waals surface area contributed by atoms with Crippen LogP contribution in [0.25, 0.3) is 6.08 Å². The molecule has 25 heavy (non-hydrogen) atoms. The molecular weight excluding hydrogens is 464 g/mol. The molecule has 0 unspecified atom stereocenters. The SMILES string of the molecule is COC(=O)c1ccc(CN2C(=O)NC(=Cc3cc(Br)c(Br)o3)C2=O)o1. The number of carbonyl (C=O) groups excluding carboxylic acids is 3. The number of methoxy groups -OCH3 is 1. The first-order valence-corrected chi connectivity index (χ1v) is 8.44. The van der Waals surface area contributed by atoms with E-state index in [1.165, 1.54) is 25.3 Å². The fourth-order valence-electron chi connectivity index (χ4n) is 2.12. The standard InChI is InChI=1S/C15H10Br2N2O6/c1-23-14(21)11-3-2-7(24-11)6-19-13(20)10(18-15(19)22)5-8-4-9(16)12(17)25-8/h2-5H,6H2,1H3,(H,18,22). The van der Waals surface area contributed by atoms with Crippen molar-refractivity contribution >= 4 is 55.8 Å². The maximum atomic E-state index is 12.4. The van der Waals surface area contributed by atoms with Crippen LogP contribution in [0.15, 0.2) is 41.9 Å². The van der Waals surface area contributed by atoms with Gasteiger partial charge >= 0.3 is 12.0 Å². The van der Waals surface area contributed by atoms with Gasteiger partial charge in [-0.1, -0.05) is 0 Å². The summed E-state index contributed by atoms with van der Waals surface area (Å²) in [5.41, 5.74) is 0.0681. The molecule has 8 nitrogen and oxygen atoms in total. The van der Waals surface area contributed by atoms with Crippen LogP contribution in [0.3, 0.4) is 0 Å². The smallest absolute Gasteiger partial charge is 0.373 e. The van der Waals surface area contributed by atoms with E-state index in [0.717, 1.165) is 4.90 Å². The van der Waals surface area contributed by atoms with Crippen LogP contribution in [0.5, 0.6) is 0 Å². The van der Waals surface area contributed by atoms with Crippen molar-refractivity contribution in [3.63, 3.8) is 0 Å². The number of hydrogen-bond acceptors (Lipinski definition) is 6. The predicted octanol–water partition coefficient (Wildman–Crippen LogP) is 3.28. The Labute approximate surface area is 158 Å². The molecule has 1 fully saturated rings. The normalized spacial score (nSPS) is 15.8. The summed E-state index contributed by atoms with van der Waals surface area (Å²) in [6, 6.07) is 3.95. The molecule has 0 aromatic carbocycles. The fourth-order valence-corrected chi connectivity index (χ4v) is 2.73. The van der Waals surface area contributed by atoms with Crippen LogP contribution in [0, 0.1) is 0 Å². The second kappa shape index (κ2) is 6.89. The highest BCUT2D eigenvalue weighted by Gasteiger charge is 2.34. The highest BCUT2D eigenvalue weighted by atomic mass is 79.9. The summed E-state index contributed by atoms with van der Waals surface area (Å²) in [7, 11) is 1.23. The van der Waals surface area contributed by atoms with Crippen molar-refractivity contribution in [2.24, 2.45) is 0 Å². The predicted molar refractivity (Wildman–Crippen MR) is 91.2 cm³/mol. The number of hydrogen-bond donors (Lipinski definition) is 1. The van der Waals surface area contributed by atoms with E-state index in [4.69, 9.17) is 8.83 Å². The third kappa shape index (κ3) is 3.54. The zero-order valence-corrected chi connectivity index (χ0v) is 15.8. The number of nitrogens with zero attached hydrogens (tertiary/aromatic N) is 1. The molecule has 1 N–H and O–H groups in total. The molecule has 0 aliphatic carbocycles. The maximum absolute atomic E-state index is 12.4. The van der Waals surface area contributed by atoms with Crippen LogP contribution in [0.2, 0.25) is 0 Å². The number of ether oxygens (including phenoxy) is 1. The summed E-state index contributed by atoms with van der Waals surface area (Å²) in [5, 5.41) is 2.47. The van der Waals surface area contributed by atoms with Crippen molar-refractivity contribution in [1.29, 1.82) is 0 Å². The molecule has 3 heterocycles. The Morgan fingerprint density at radius 3 is 2.72 bits per heavy atom. The quantitative estimate of drug-likeness (QED) is 0.415. The van der Waals surface area contributed by atoms with Crippen LogP contribution in [-0.2, 0) is 16.1 Å². The van der Waals surface area contributed by atoms with Gasteiger partial charge < -0.3 is 18.9 Å². The van der Waals surface area contributed by atoms with Crippen LogP contribution >= 0.6 is 31.9 Å². The molecule has 1 aliphatic rings. The third-order valence-electron chi connectivity index (χ3n) is 3.28. The lowest BCUT2D eigenvalue weighted by Crippen LogP contribution is -2.30. The third-order valence-corrected chi connectivity index (χ3v) is 4.99. The summed E-state index contributed by atoms with van der Waals surface area (Å²) in [6.45, 7) is -0.120. The molecule has 10 heteroatoms. The molecule has 130 valence electrons. The number of carbonyl (C=O) groups is 3. The van der Waals surface area contributed by atoms with Gasteiger partial charge in [-0.3, -0.25) is 9.69 Å². The van der Waals surface area contributed by atoms with Crippen molar-refractivity contribution in [3.8, 4) is 0 Å². The highest BCUT2D eigenvalue weighted by Crippen LogP contribution is 2.28. The summed E-state index contributed by atoms with van der Waals surface area (Å²) < 4.78 is 16.3. The van der Waals surface area contributed by atoms with Gasteiger partial charge in [0.2, 0.25) is 5.76 Å². The van der Waals surface area contributed by atoms with E-state index in [1.807, 2.05) is 0 Å². The summed E-state index contributed by atoms with van der Waals surface area (Å²) in [5.74, 6) is -0.530. The lowest BCUT2D eigenvalue weighted by Gasteiger charge is -2.09. The molecule has 2 aromatic rings. The average Bonchev–Trinajstić information content (AvgIpc) is 3.23. The molecule has 0 saturated carbocycles. The molecule has 1 saturated heterocycles. The number of halogens is 2. The van der Waals surface area contributed by atoms with Gasteiger partial charge in [0, 0.05) is 6.08 Å². The number of furan rings is 2. The van der Waals surface area contributed by atoms with Gasteiger partial charge in [-0.05, 0) is 50.1 Å². The number of imide groups is 1. The second-order valence-corrected chi connectivity index (χ2v) is 6.48. The minimum Gasteiger partial charge on any atom is -0.463 e. The van der Waals surface area contributed by atoms with E-state index >= 15 is 0 Å². The van der Waals surface area contributed by atoms with Gasteiger partial charge in [-0.15, -0.1) is 0 Å². The van der Waals surface area contributed by atoms with Gasteiger partial charge in [-0.25, -0.2) is 9.59 Å². The van der Waals surface area contributed by atoms with Crippen LogP contribution in [-0.4, -0.2) is 29.9 Å². The molecule has 1 aliphatic heterocycles. The van der Waals surface area contributed by atoms with Crippen LogP contribution in [0.1, 0.15) is 22.1 Å². The lowest BCUT2D eigenvalue weighted by atomic mass is 10.3. The Morgan fingerprint density at radius 1 is 1.32 bits per heavy atom. The Kier molecular flexibility index (Phi) is 4.82. The topological polar surface area (TPSA) is 102 Å². The van der Waals surface area contributed by atoms with Gasteiger partial charge in [0.05, 0.1) is 18.1 Å². The first-order valence-electron chi connectivity index (χ1n) is 6.85. The second-order valence-electron chi connectivity index (χ2n) is 4.91. The van der Waals surface area contributed by atoms with E-state index in [2.05, 4.69) is 41.9 Å². The van der Waals surface area contributed by atoms with Crippen molar-refractivity contribution in [1.82, 2.24) is 10.2 Å². The first kappa shape index (κ1) is 17.5. The minimum absolute atomic E-state index is 0.00870. The van der Waals surface area contributed by atoms with Gasteiger partial charge in [0.25, 0.3) is 5.91 Å².